The third-order valence-corrected chi connectivity index (χ3v) is 5.00. The molecule has 0 aliphatic heterocycles. The Labute approximate surface area is 130 Å². The molecule has 0 saturated carbocycles. The molecule has 0 amide bonds. The summed E-state index contributed by atoms with van der Waals surface area (Å²) in [6.45, 7) is 2.62. The van der Waals surface area contributed by atoms with Crippen LogP contribution in [0.2, 0.25) is 0 Å². The van der Waals surface area contributed by atoms with Gasteiger partial charge in [-0.05, 0) is 36.8 Å². The van der Waals surface area contributed by atoms with Crippen LogP contribution in [-0.2, 0) is 16.6 Å². The van der Waals surface area contributed by atoms with Gasteiger partial charge in [-0.1, -0.05) is 24.3 Å². The lowest BCUT2D eigenvalue weighted by atomic mass is 10.2. The second-order valence-corrected chi connectivity index (χ2v) is 6.78. The third kappa shape index (κ3) is 3.64. The van der Waals surface area contributed by atoms with Crippen molar-refractivity contribution < 1.29 is 17.5 Å². The van der Waals surface area contributed by atoms with Crippen LogP contribution in [0.25, 0.3) is 0 Å². The Kier molecular flexibility index (Phi) is 5.15. The van der Waals surface area contributed by atoms with E-state index in [4.69, 9.17) is 4.74 Å². The van der Waals surface area contributed by atoms with Crippen LogP contribution in [0.15, 0.2) is 53.4 Å². The molecule has 0 spiro atoms. The molecule has 0 aromatic heterocycles. The number of ether oxygens (including phenoxy) is 1. The van der Waals surface area contributed by atoms with Crippen LogP contribution in [-0.4, -0.2) is 26.4 Å². The quantitative estimate of drug-likeness (QED) is 0.821. The van der Waals surface area contributed by atoms with E-state index in [1.54, 1.807) is 24.3 Å². The Balaban J connectivity index is 2.17. The van der Waals surface area contributed by atoms with Gasteiger partial charge in [-0.2, -0.15) is 4.31 Å². The van der Waals surface area contributed by atoms with Crippen LogP contribution in [0.5, 0.6) is 5.75 Å². The summed E-state index contributed by atoms with van der Waals surface area (Å²) in [5, 5.41) is 0. The van der Waals surface area contributed by atoms with E-state index in [2.05, 4.69) is 0 Å². The van der Waals surface area contributed by atoms with Gasteiger partial charge in [0.25, 0.3) is 0 Å². The highest BCUT2D eigenvalue weighted by Gasteiger charge is 2.24. The average Bonchev–Trinajstić information content (AvgIpc) is 2.49. The van der Waals surface area contributed by atoms with E-state index in [9.17, 15) is 12.8 Å². The summed E-state index contributed by atoms with van der Waals surface area (Å²) in [6.07, 6.45) is 0. The number of hydrogen-bond donors (Lipinski definition) is 0. The molecule has 0 atom stereocenters. The van der Waals surface area contributed by atoms with Crippen molar-refractivity contribution in [1.82, 2.24) is 4.31 Å². The largest absolute Gasteiger partial charge is 0.494 e. The zero-order chi connectivity index (χ0) is 16.2. The molecule has 0 radical (unpaired) electrons. The highest BCUT2D eigenvalue weighted by atomic mass is 32.2. The summed E-state index contributed by atoms with van der Waals surface area (Å²) in [4.78, 5) is -0.316. The van der Waals surface area contributed by atoms with E-state index in [1.807, 2.05) is 6.92 Å². The van der Waals surface area contributed by atoms with Gasteiger partial charge < -0.3 is 4.74 Å². The predicted octanol–water partition coefficient (Wildman–Crippen LogP) is 3.05. The lowest BCUT2D eigenvalue weighted by Gasteiger charge is -2.18. The minimum Gasteiger partial charge on any atom is -0.494 e. The van der Waals surface area contributed by atoms with Crippen LogP contribution < -0.4 is 4.74 Å². The van der Waals surface area contributed by atoms with Crippen molar-refractivity contribution in [2.45, 2.75) is 18.4 Å². The lowest BCUT2D eigenvalue weighted by Crippen LogP contribution is -2.27. The number of sulfonamides is 1. The first-order valence-electron chi connectivity index (χ1n) is 6.87. The molecule has 4 nitrogen and oxygen atoms in total. The third-order valence-electron chi connectivity index (χ3n) is 3.16. The Hall–Kier alpha value is -1.92. The van der Waals surface area contributed by atoms with E-state index in [1.165, 1.54) is 25.2 Å². The van der Waals surface area contributed by atoms with Gasteiger partial charge in [-0.25, -0.2) is 12.8 Å². The van der Waals surface area contributed by atoms with Gasteiger partial charge in [-0.15, -0.1) is 0 Å². The standard InChI is InChI=1S/C16H18FNO3S/c1-3-21-14-10-8-13(9-11-14)12-18(2)22(19,20)16-7-5-4-6-15(16)17/h4-11H,3,12H2,1-2H3. The average molecular weight is 323 g/mol. The molecule has 0 bridgehead atoms. The first-order chi connectivity index (χ1) is 10.4. The Morgan fingerprint density at radius 1 is 1.09 bits per heavy atom. The fourth-order valence-corrected chi connectivity index (χ4v) is 3.24. The summed E-state index contributed by atoms with van der Waals surface area (Å²) in [7, 11) is -2.43. The molecule has 0 aliphatic carbocycles. The molecule has 0 heterocycles. The number of rotatable bonds is 6. The van der Waals surface area contributed by atoms with Crippen molar-refractivity contribution in [3.63, 3.8) is 0 Å². The predicted molar refractivity (Wildman–Crippen MR) is 82.7 cm³/mol. The van der Waals surface area contributed by atoms with Crippen LogP contribution >= 0.6 is 0 Å². The highest BCUT2D eigenvalue weighted by molar-refractivity contribution is 7.89. The van der Waals surface area contributed by atoms with E-state index in [0.717, 1.165) is 21.7 Å². The summed E-state index contributed by atoms with van der Waals surface area (Å²) >= 11 is 0. The normalized spacial score (nSPS) is 11.6. The number of nitrogens with zero attached hydrogens (tertiary/aromatic N) is 1. The van der Waals surface area contributed by atoms with E-state index in [-0.39, 0.29) is 11.4 Å². The zero-order valence-corrected chi connectivity index (χ0v) is 13.3. The number of halogens is 1. The highest BCUT2D eigenvalue weighted by Crippen LogP contribution is 2.20. The first-order valence-corrected chi connectivity index (χ1v) is 8.31. The number of benzene rings is 2. The topological polar surface area (TPSA) is 46.6 Å². The van der Waals surface area contributed by atoms with Crippen molar-refractivity contribution in [2.75, 3.05) is 13.7 Å². The van der Waals surface area contributed by atoms with Gasteiger partial charge >= 0.3 is 0 Å². The molecule has 22 heavy (non-hydrogen) atoms. The summed E-state index contributed by atoms with van der Waals surface area (Å²) in [5.74, 6) is -0.0214. The summed E-state index contributed by atoms with van der Waals surface area (Å²) in [5.41, 5.74) is 0.797. The number of hydrogen-bond acceptors (Lipinski definition) is 3. The van der Waals surface area contributed by atoms with Crippen LogP contribution in [0.3, 0.4) is 0 Å². The molecule has 6 heteroatoms. The van der Waals surface area contributed by atoms with E-state index in [0.29, 0.717) is 6.61 Å². The van der Waals surface area contributed by atoms with E-state index < -0.39 is 15.8 Å². The molecule has 2 rings (SSSR count). The maximum atomic E-state index is 13.7. The van der Waals surface area contributed by atoms with Crippen molar-refractivity contribution in [3.8, 4) is 5.75 Å². The Morgan fingerprint density at radius 2 is 1.73 bits per heavy atom. The summed E-state index contributed by atoms with van der Waals surface area (Å²) < 4.78 is 44.9. The van der Waals surface area contributed by atoms with Crippen molar-refractivity contribution in [2.24, 2.45) is 0 Å². The minimum atomic E-state index is -3.86. The zero-order valence-electron chi connectivity index (χ0n) is 12.5. The molecule has 0 aliphatic rings. The molecule has 2 aromatic rings. The fourth-order valence-electron chi connectivity index (χ4n) is 2.02. The molecule has 0 saturated heterocycles. The molecule has 118 valence electrons. The van der Waals surface area contributed by atoms with Gasteiger partial charge in [0.15, 0.2) is 0 Å². The second-order valence-electron chi connectivity index (χ2n) is 4.77. The minimum absolute atomic E-state index is 0.156. The van der Waals surface area contributed by atoms with Gasteiger partial charge in [-0.3, -0.25) is 0 Å². The Bertz CT molecular complexity index is 729. The SMILES string of the molecule is CCOc1ccc(CN(C)S(=O)(=O)c2ccccc2F)cc1. The smallest absolute Gasteiger partial charge is 0.246 e. The monoisotopic (exact) mass is 323 g/mol. The Morgan fingerprint density at radius 3 is 2.32 bits per heavy atom. The van der Waals surface area contributed by atoms with Crippen molar-refractivity contribution >= 4 is 10.0 Å². The van der Waals surface area contributed by atoms with Gasteiger partial charge in [0.05, 0.1) is 6.61 Å². The molecular formula is C16H18FNO3S. The van der Waals surface area contributed by atoms with Crippen LogP contribution in [0.4, 0.5) is 4.39 Å². The molecule has 0 N–H and O–H groups in total. The second kappa shape index (κ2) is 6.89. The van der Waals surface area contributed by atoms with Gasteiger partial charge in [0, 0.05) is 13.6 Å². The molecule has 2 aromatic carbocycles. The lowest BCUT2D eigenvalue weighted by molar-refractivity contribution is 0.340. The first kappa shape index (κ1) is 16.5. The van der Waals surface area contributed by atoms with E-state index >= 15 is 0 Å². The fraction of sp³-hybridized carbons (Fsp3) is 0.250. The molecular weight excluding hydrogens is 305 g/mol. The maximum absolute atomic E-state index is 13.7. The van der Waals surface area contributed by atoms with Crippen molar-refractivity contribution in [3.05, 3.63) is 59.9 Å². The van der Waals surface area contributed by atoms with Gasteiger partial charge in [0.2, 0.25) is 10.0 Å². The maximum Gasteiger partial charge on any atom is 0.246 e. The van der Waals surface area contributed by atoms with Gasteiger partial charge in [0.1, 0.15) is 16.5 Å². The van der Waals surface area contributed by atoms with Crippen LogP contribution in [0, 0.1) is 5.82 Å². The van der Waals surface area contributed by atoms with Crippen molar-refractivity contribution in [1.29, 1.82) is 0 Å². The molecule has 0 unspecified atom stereocenters. The summed E-state index contributed by atoms with van der Waals surface area (Å²) in [6, 6.07) is 12.5. The van der Waals surface area contributed by atoms with Crippen LogP contribution in [0.1, 0.15) is 12.5 Å². The molecule has 0 fully saturated rings.